The van der Waals surface area contributed by atoms with Gasteiger partial charge in [-0.3, -0.25) is 4.79 Å². The molecule has 0 amide bonds. The first kappa shape index (κ1) is 15.3. The smallest absolute Gasteiger partial charge is 0.209 e. The van der Waals surface area contributed by atoms with Crippen LogP contribution in [0.15, 0.2) is 30.5 Å². The summed E-state index contributed by atoms with van der Waals surface area (Å²) in [5, 5.41) is 8.58. The third-order valence-corrected chi connectivity index (χ3v) is 3.29. The van der Waals surface area contributed by atoms with Crippen LogP contribution in [0.2, 0.25) is 5.02 Å². The number of benzene rings is 1. The summed E-state index contributed by atoms with van der Waals surface area (Å²) in [4.78, 5) is 13.9. The van der Waals surface area contributed by atoms with Crippen molar-refractivity contribution in [2.24, 2.45) is 0 Å². The monoisotopic (exact) mass is 304 g/mol. The lowest BCUT2D eigenvalue weighted by atomic mass is 10.2. The molecule has 0 atom stereocenters. The van der Waals surface area contributed by atoms with Crippen LogP contribution >= 0.6 is 11.6 Å². The number of hydrogen-bond donors (Lipinski definition) is 0. The fourth-order valence-electron chi connectivity index (χ4n) is 1.87. The second-order valence-electron chi connectivity index (χ2n) is 5.03. The number of rotatable bonds is 4. The number of allylic oxidation sites excluding steroid dienone is 1. The van der Waals surface area contributed by atoms with E-state index in [-0.39, 0.29) is 5.78 Å². The van der Waals surface area contributed by atoms with E-state index < -0.39 is 0 Å². The zero-order valence-corrected chi connectivity index (χ0v) is 13.2. The predicted octanol–water partition coefficient (Wildman–Crippen LogP) is 2.80. The molecule has 21 heavy (non-hydrogen) atoms. The molecule has 0 aliphatic heterocycles. The van der Waals surface area contributed by atoms with E-state index in [1.54, 1.807) is 22.7 Å². The van der Waals surface area contributed by atoms with Gasteiger partial charge in [0.2, 0.25) is 5.78 Å². The van der Waals surface area contributed by atoms with Crippen LogP contribution in [0.1, 0.15) is 21.7 Å². The zero-order chi connectivity index (χ0) is 15.6. The van der Waals surface area contributed by atoms with Crippen LogP contribution in [-0.2, 0) is 0 Å². The lowest BCUT2D eigenvalue weighted by molar-refractivity contribution is 0.104. The molecule has 6 heteroatoms. The molecule has 2 aromatic rings. The Bertz CT molecular complexity index is 704. The third kappa shape index (κ3) is 3.31. The predicted molar refractivity (Wildman–Crippen MR) is 83.0 cm³/mol. The average molecular weight is 305 g/mol. The molecular weight excluding hydrogens is 288 g/mol. The first-order valence-corrected chi connectivity index (χ1v) is 6.85. The van der Waals surface area contributed by atoms with E-state index in [0.29, 0.717) is 22.1 Å². The molecule has 5 nitrogen and oxygen atoms in total. The number of halogens is 1. The van der Waals surface area contributed by atoms with E-state index >= 15 is 0 Å². The van der Waals surface area contributed by atoms with Crippen molar-refractivity contribution in [3.8, 4) is 5.69 Å². The maximum Gasteiger partial charge on any atom is 0.209 e. The summed E-state index contributed by atoms with van der Waals surface area (Å²) < 4.78 is 1.58. The van der Waals surface area contributed by atoms with Crippen molar-refractivity contribution in [1.82, 2.24) is 19.9 Å². The Balaban J connectivity index is 2.39. The minimum Gasteiger partial charge on any atom is -0.383 e. The Morgan fingerprint density at radius 3 is 2.67 bits per heavy atom. The summed E-state index contributed by atoms with van der Waals surface area (Å²) in [5.41, 5.74) is 2.76. The lowest BCUT2D eigenvalue weighted by Crippen LogP contribution is -2.05. The molecule has 1 heterocycles. The van der Waals surface area contributed by atoms with Gasteiger partial charge in [-0.2, -0.15) is 0 Å². The van der Waals surface area contributed by atoms with E-state index in [1.807, 2.05) is 39.2 Å². The van der Waals surface area contributed by atoms with Crippen LogP contribution in [0.3, 0.4) is 0 Å². The first-order chi connectivity index (χ1) is 9.90. The summed E-state index contributed by atoms with van der Waals surface area (Å²) in [6.45, 7) is 3.76. The summed E-state index contributed by atoms with van der Waals surface area (Å²) in [7, 11) is 3.69. The number of aryl methyl sites for hydroxylation is 1. The first-order valence-electron chi connectivity index (χ1n) is 6.48. The molecule has 0 saturated heterocycles. The van der Waals surface area contributed by atoms with Crippen LogP contribution in [0.4, 0.5) is 0 Å². The number of aromatic nitrogens is 3. The van der Waals surface area contributed by atoms with E-state index in [9.17, 15) is 4.79 Å². The molecule has 0 saturated carbocycles. The molecule has 0 aliphatic rings. The second-order valence-corrected chi connectivity index (χ2v) is 5.44. The highest BCUT2D eigenvalue weighted by Crippen LogP contribution is 2.23. The standard InChI is InChI=1S/C15H17ClN4O/c1-10-5-6-13(12(16)9-10)20-11(2)15(17-18-20)14(21)7-8-19(3)4/h5-9H,1-4H3. The van der Waals surface area contributed by atoms with Gasteiger partial charge < -0.3 is 4.90 Å². The molecule has 0 N–H and O–H groups in total. The lowest BCUT2D eigenvalue weighted by Gasteiger charge is -2.06. The fraction of sp³-hybridized carbons (Fsp3) is 0.267. The van der Waals surface area contributed by atoms with Crippen molar-refractivity contribution >= 4 is 17.4 Å². The van der Waals surface area contributed by atoms with Crippen molar-refractivity contribution < 1.29 is 4.79 Å². The van der Waals surface area contributed by atoms with Gasteiger partial charge in [0.15, 0.2) is 5.69 Å². The van der Waals surface area contributed by atoms with E-state index in [1.165, 1.54) is 6.08 Å². The number of ketones is 1. The van der Waals surface area contributed by atoms with Gasteiger partial charge in [0, 0.05) is 26.4 Å². The average Bonchev–Trinajstić information content (AvgIpc) is 2.78. The van der Waals surface area contributed by atoms with Gasteiger partial charge in [0.25, 0.3) is 0 Å². The van der Waals surface area contributed by atoms with Gasteiger partial charge in [0.05, 0.1) is 16.4 Å². The maximum atomic E-state index is 12.1. The minimum atomic E-state index is -0.185. The molecule has 0 radical (unpaired) electrons. The highest BCUT2D eigenvalue weighted by atomic mass is 35.5. The Morgan fingerprint density at radius 1 is 1.33 bits per heavy atom. The van der Waals surface area contributed by atoms with Crippen molar-refractivity contribution in [2.45, 2.75) is 13.8 Å². The Hall–Kier alpha value is -2.14. The highest BCUT2D eigenvalue weighted by Gasteiger charge is 2.16. The second kappa shape index (κ2) is 6.10. The molecule has 0 bridgehead atoms. The van der Waals surface area contributed by atoms with Gasteiger partial charge in [-0.25, -0.2) is 4.68 Å². The van der Waals surface area contributed by atoms with Crippen molar-refractivity contribution in [3.05, 3.63) is 52.4 Å². The number of hydrogen-bond acceptors (Lipinski definition) is 4. The highest BCUT2D eigenvalue weighted by molar-refractivity contribution is 6.32. The molecular formula is C15H17ClN4O. The molecule has 0 spiro atoms. The molecule has 0 unspecified atom stereocenters. The molecule has 0 fully saturated rings. The largest absolute Gasteiger partial charge is 0.383 e. The van der Waals surface area contributed by atoms with Crippen molar-refractivity contribution in [3.63, 3.8) is 0 Å². The number of nitrogens with zero attached hydrogens (tertiary/aromatic N) is 4. The quantitative estimate of drug-likeness (QED) is 0.644. The number of carbonyl (C=O) groups is 1. The van der Waals surface area contributed by atoms with Gasteiger partial charge >= 0.3 is 0 Å². The van der Waals surface area contributed by atoms with Crippen LogP contribution in [0.25, 0.3) is 5.69 Å². The maximum absolute atomic E-state index is 12.1. The van der Waals surface area contributed by atoms with Gasteiger partial charge in [-0.15, -0.1) is 5.10 Å². The van der Waals surface area contributed by atoms with E-state index in [2.05, 4.69) is 10.3 Å². The Labute approximate surface area is 128 Å². The van der Waals surface area contributed by atoms with Gasteiger partial charge in [0.1, 0.15) is 0 Å². The van der Waals surface area contributed by atoms with E-state index in [0.717, 1.165) is 5.56 Å². The fourth-order valence-corrected chi connectivity index (χ4v) is 2.18. The normalized spacial score (nSPS) is 11.1. The summed E-state index contributed by atoms with van der Waals surface area (Å²) in [6, 6.07) is 5.66. The van der Waals surface area contributed by atoms with Crippen LogP contribution in [0.5, 0.6) is 0 Å². The molecule has 110 valence electrons. The molecule has 0 aliphatic carbocycles. The summed E-state index contributed by atoms with van der Waals surface area (Å²) in [6.07, 6.45) is 3.15. The number of carbonyl (C=O) groups excluding carboxylic acids is 1. The molecule has 1 aromatic heterocycles. The van der Waals surface area contributed by atoms with Gasteiger partial charge in [-0.1, -0.05) is 22.9 Å². The third-order valence-electron chi connectivity index (χ3n) is 2.98. The Morgan fingerprint density at radius 2 is 2.05 bits per heavy atom. The zero-order valence-electron chi connectivity index (χ0n) is 12.5. The summed E-state index contributed by atoms with van der Waals surface area (Å²) in [5.74, 6) is -0.185. The Kier molecular flexibility index (Phi) is 4.43. The molecule has 1 aromatic carbocycles. The minimum absolute atomic E-state index is 0.185. The SMILES string of the molecule is Cc1ccc(-n2nnc(C(=O)C=CN(C)C)c2C)c(Cl)c1. The van der Waals surface area contributed by atoms with Crippen LogP contribution < -0.4 is 0 Å². The van der Waals surface area contributed by atoms with Crippen molar-refractivity contribution in [2.75, 3.05) is 14.1 Å². The molecule has 2 rings (SSSR count). The van der Waals surface area contributed by atoms with Crippen molar-refractivity contribution in [1.29, 1.82) is 0 Å². The van der Waals surface area contributed by atoms with Gasteiger partial charge in [-0.05, 0) is 31.5 Å². The summed E-state index contributed by atoms with van der Waals surface area (Å²) >= 11 is 6.23. The van der Waals surface area contributed by atoms with Crippen LogP contribution in [-0.4, -0.2) is 39.8 Å². The van der Waals surface area contributed by atoms with E-state index in [4.69, 9.17) is 11.6 Å². The van der Waals surface area contributed by atoms with Crippen LogP contribution in [0, 0.1) is 13.8 Å². The topological polar surface area (TPSA) is 51.0 Å².